The average Bonchev–Trinajstić information content (AvgIpc) is 3.94. The van der Waals surface area contributed by atoms with Gasteiger partial charge in [-0.1, -0.05) is 140 Å². The van der Waals surface area contributed by atoms with Crippen LogP contribution in [0.25, 0.3) is 66.8 Å². The average molecular weight is 699 g/mol. The molecular weight excluding hydrogens is 665 g/mol. The second-order valence-electron chi connectivity index (χ2n) is 15.5. The molecule has 1 spiro atoms. The van der Waals surface area contributed by atoms with Crippen LogP contribution in [0.1, 0.15) is 39.9 Å². The van der Waals surface area contributed by atoms with Crippen LogP contribution < -0.4 is 4.90 Å². The standard InChI is InChI=1S/C53H34N2/c1-2-15-34(16-3-1)55-49-25-9-7-19-40(49)41-30-28-36(32-50(41)55)54(48-26-10-14-33-13-4-5-17-37(33)48)35-27-29-39-43-21-12-23-45-44-22-11-20-42-38-18-6-8-24-46(38)53(51(42)44,52(43)45)47(39)31-35/h1-8,10-24,26-32H,9,25H2. The van der Waals surface area contributed by atoms with Crippen LogP contribution in [0.4, 0.5) is 17.1 Å². The highest BCUT2D eigenvalue weighted by molar-refractivity contribution is 6.07. The second kappa shape index (κ2) is 10.6. The highest BCUT2D eigenvalue weighted by atomic mass is 15.1. The van der Waals surface area contributed by atoms with Crippen LogP contribution >= 0.6 is 0 Å². The van der Waals surface area contributed by atoms with Gasteiger partial charge in [-0.15, -0.1) is 0 Å². The lowest BCUT2D eigenvalue weighted by atomic mass is 9.73. The summed E-state index contributed by atoms with van der Waals surface area (Å²) in [5.74, 6) is 0. The van der Waals surface area contributed by atoms with Crippen molar-refractivity contribution in [3.63, 3.8) is 0 Å². The molecule has 1 atom stereocenters. The van der Waals surface area contributed by atoms with Crippen LogP contribution in [-0.2, 0) is 11.8 Å². The summed E-state index contributed by atoms with van der Waals surface area (Å²) in [6, 6.07) is 63.9. The summed E-state index contributed by atoms with van der Waals surface area (Å²) in [7, 11) is 0. The molecule has 0 radical (unpaired) electrons. The van der Waals surface area contributed by atoms with E-state index in [1.807, 2.05) is 0 Å². The number of anilines is 3. The van der Waals surface area contributed by atoms with Crippen molar-refractivity contribution in [2.45, 2.75) is 18.3 Å². The Morgan fingerprint density at radius 1 is 0.491 bits per heavy atom. The maximum atomic E-state index is 2.53. The molecule has 9 aromatic rings. The first-order valence-electron chi connectivity index (χ1n) is 19.5. The zero-order valence-corrected chi connectivity index (χ0v) is 30.1. The quantitative estimate of drug-likeness (QED) is 0.178. The summed E-state index contributed by atoms with van der Waals surface area (Å²) >= 11 is 0. The molecule has 0 fully saturated rings. The molecule has 0 bridgehead atoms. The number of benzene rings is 8. The van der Waals surface area contributed by atoms with Crippen molar-refractivity contribution in [1.82, 2.24) is 4.57 Å². The van der Waals surface area contributed by atoms with Gasteiger partial charge in [0, 0.05) is 39.1 Å². The number of rotatable bonds is 4. The van der Waals surface area contributed by atoms with Gasteiger partial charge in [0.25, 0.3) is 0 Å². The lowest BCUT2D eigenvalue weighted by molar-refractivity contribution is 0.818. The smallest absolute Gasteiger partial charge is 0.0738 e. The Morgan fingerprint density at radius 3 is 1.96 bits per heavy atom. The van der Waals surface area contributed by atoms with Crippen molar-refractivity contribution >= 4 is 44.8 Å². The third kappa shape index (κ3) is 3.65. The van der Waals surface area contributed by atoms with Crippen LogP contribution in [0.5, 0.6) is 0 Å². The Bertz CT molecular complexity index is 3120. The van der Waals surface area contributed by atoms with Crippen molar-refractivity contribution < 1.29 is 0 Å². The molecule has 8 aromatic carbocycles. The number of aromatic nitrogens is 1. The zero-order valence-electron chi connectivity index (χ0n) is 30.1. The highest BCUT2D eigenvalue weighted by Gasteiger charge is 2.57. The SMILES string of the molecule is C1=Cc2c(n(-c3ccccc3)c3cc(N(c4ccc5c(c4)C46c7ccccc7-c7cccc(c74)-c4cccc-5c46)c4cccc5ccccc45)ccc23)CC1. The largest absolute Gasteiger partial charge is 0.313 e. The van der Waals surface area contributed by atoms with E-state index < -0.39 is 0 Å². The second-order valence-corrected chi connectivity index (χ2v) is 15.5. The van der Waals surface area contributed by atoms with Gasteiger partial charge in [-0.2, -0.15) is 0 Å². The number of hydrogen-bond acceptors (Lipinski definition) is 1. The third-order valence-corrected chi connectivity index (χ3v) is 13.0. The lowest BCUT2D eigenvalue weighted by Gasteiger charge is -2.31. The van der Waals surface area contributed by atoms with E-state index in [0.29, 0.717) is 0 Å². The van der Waals surface area contributed by atoms with Crippen molar-refractivity contribution in [1.29, 1.82) is 0 Å². The Balaban J connectivity index is 1.11. The zero-order chi connectivity index (χ0) is 35.8. The molecule has 4 aliphatic carbocycles. The minimum Gasteiger partial charge on any atom is -0.313 e. The molecule has 0 saturated carbocycles. The van der Waals surface area contributed by atoms with E-state index >= 15 is 0 Å². The number of fused-ring (bicyclic) bond motifs is 9. The monoisotopic (exact) mass is 698 g/mol. The predicted octanol–water partition coefficient (Wildman–Crippen LogP) is 13.5. The van der Waals surface area contributed by atoms with Gasteiger partial charge in [0.15, 0.2) is 0 Å². The molecule has 55 heavy (non-hydrogen) atoms. The van der Waals surface area contributed by atoms with E-state index in [1.54, 1.807) is 0 Å². The fourth-order valence-electron chi connectivity index (χ4n) is 10.9. The maximum absolute atomic E-state index is 2.53. The summed E-state index contributed by atoms with van der Waals surface area (Å²) < 4.78 is 2.51. The van der Waals surface area contributed by atoms with Gasteiger partial charge < -0.3 is 9.47 Å². The third-order valence-electron chi connectivity index (χ3n) is 13.0. The van der Waals surface area contributed by atoms with Gasteiger partial charge in [-0.05, 0) is 116 Å². The lowest BCUT2D eigenvalue weighted by Crippen LogP contribution is -2.23. The fourth-order valence-corrected chi connectivity index (χ4v) is 10.9. The number of allylic oxidation sites excluding steroid dienone is 1. The molecule has 2 nitrogen and oxygen atoms in total. The van der Waals surface area contributed by atoms with Gasteiger partial charge in [0.2, 0.25) is 0 Å². The van der Waals surface area contributed by atoms with E-state index in [0.717, 1.165) is 24.2 Å². The molecule has 13 rings (SSSR count). The number of para-hydroxylation sites is 1. The molecule has 0 saturated heterocycles. The normalized spacial score (nSPS) is 16.2. The van der Waals surface area contributed by atoms with Gasteiger partial charge in [0.1, 0.15) is 0 Å². The Hall–Kier alpha value is -6.90. The number of hydrogen-bond donors (Lipinski definition) is 0. The number of nitrogens with zero attached hydrogens (tertiary/aromatic N) is 2. The maximum Gasteiger partial charge on any atom is 0.0738 e. The van der Waals surface area contributed by atoms with E-state index in [9.17, 15) is 0 Å². The van der Waals surface area contributed by atoms with Crippen molar-refractivity contribution in [2.24, 2.45) is 0 Å². The highest BCUT2D eigenvalue weighted by Crippen LogP contribution is 2.70. The molecule has 2 heteroatoms. The molecule has 0 aliphatic heterocycles. The minimum atomic E-state index is -0.346. The summed E-state index contributed by atoms with van der Waals surface area (Å²) in [4.78, 5) is 2.52. The van der Waals surface area contributed by atoms with Crippen LogP contribution in [0.3, 0.4) is 0 Å². The molecule has 256 valence electrons. The summed E-state index contributed by atoms with van der Waals surface area (Å²) in [5, 5.41) is 3.76. The van der Waals surface area contributed by atoms with Crippen molar-refractivity contribution in [3.05, 3.63) is 209 Å². The van der Waals surface area contributed by atoms with Gasteiger partial charge in [-0.3, -0.25) is 0 Å². The van der Waals surface area contributed by atoms with Crippen LogP contribution in [0, 0.1) is 0 Å². The van der Waals surface area contributed by atoms with Crippen molar-refractivity contribution in [2.75, 3.05) is 4.90 Å². The molecule has 4 aliphatic rings. The summed E-state index contributed by atoms with van der Waals surface area (Å²) in [5.41, 5.74) is 22.2. The molecule has 0 amide bonds. The van der Waals surface area contributed by atoms with Crippen LogP contribution in [0.15, 0.2) is 176 Å². The Kier molecular flexibility index (Phi) is 5.70. The Labute approximate surface area is 319 Å². The first kappa shape index (κ1) is 29.5. The van der Waals surface area contributed by atoms with Crippen molar-refractivity contribution in [3.8, 4) is 39.1 Å². The first-order valence-corrected chi connectivity index (χ1v) is 19.5. The molecule has 1 unspecified atom stereocenters. The molecule has 1 heterocycles. The van der Waals surface area contributed by atoms with Crippen LogP contribution in [0.2, 0.25) is 0 Å². The molecule has 0 N–H and O–H groups in total. The van der Waals surface area contributed by atoms with Crippen LogP contribution in [-0.4, -0.2) is 4.57 Å². The summed E-state index contributed by atoms with van der Waals surface area (Å²) in [6.45, 7) is 0. The fraction of sp³-hybridized carbons (Fsp3) is 0.0566. The molecule has 1 aromatic heterocycles. The van der Waals surface area contributed by atoms with E-state index in [-0.39, 0.29) is 5.41 Å². The molecular formula is C53H34N2. The van der Waals surface area contributed by atoms with Gasteiger partial charge >= 0.3 is 0 Å². The Morgan fingerprint density at radius 2 is 1.13 bits per heavy atom. The van der Waals surface area contributed by atoms with E-state index in [2.05, 4.69) is 191 Å². The predicted molar refractivity (Wildman–Crippen MR) is 228 cm³/mol. The summed E-state index contributed by atoms with van der Waals surface area (Å²) in [6.07, 6.45) is 6.74. The van der Waals surface area contributed by atoms with Gasteiger partial charge in [0.05, 0.1) is 16.6 Å². The topological polar surface area (TPSA) is 8.17 Å². The minimum absolute atomic E-state index is 0.346. The van der Waals surface area contributed by atoms with E-state index in [4.69, 9.17) is 0 Å². The van der Waals surface area contributed by atoms with Gasteiger partial charge in [-0.25, -0.2) is 0 Å². The first-order chi connectivity index (χ1) is 27.3. The van der Waals surface area contributed by atoms with E-state index in [1.165, 1.54) is 99.9 Å².